The van der Waals surface area contributed by atoms with Crippen molar-refractivity contribution in [2.75, 3.05) is 0 Å². The van der Waals surface area contributed by atoms with Crippen molar-refractivity contribution in [3.8, 4) is 12.3 Å². The van der Waals surface area contributed by atoms with E-state index in [4.69, 9.17) is 12.2 Å². The van der Waals surface area contributed by atoms with E-state index in [2.05, 4.69) is 36.3 Å². The Morgan fingerprint density at radius 3 is 2.71 bits per heavy atom. The van der Waals surface area contributed by atoms with Crippen LogP contribution in [0.1, 0.15) is 43.8 Å². The lowest BCUT2D eigenvalue weighted by atomic mass is 9.90. The maximum absolute atomic E-state index is 5.94. The van der Waals surface area contributed by atoms with Crippen LogP contribution in [-0.4, -0.2) is 9.59 Å². The SMILES string of the molecule is C#CCC(N)c1snnc1C(C)(C)C. The third-order valence-corrected chi connectivity index (χ3v) is 2.75. The van der Waals surface area contributed by atoms with Crippen LogP contribution >= 0.6 is 11.5 Å². The van der Waals surface area contributed by atoms with Crippen LogP contribution < -0.4 is 5.73 Å². The zero-order chi connectivity index (χ0) is 10.8. The molecule has 1 rings (SSSR count). The van der Waals surface area contributed by atoms with E-state index in [1.54, 1.807) is 0 Å². The highest BCUT2D eigenvalue weighted by Gasteiger charge is 2.24. The Bertz CT molecular complexity index is 343. The highest BCUT2D eigenvalue weighted by molar-refractivity contribution is 7.05. The molecule has 1 unspecified atom stereocenters. The smallest absolute Gasteiger partial charge is 0.0857 e. The van der Waals surface area contributed by atoms with Crippen LogP contribution in [0.5, 0.6) is 0 Å². The molecule has 0 bridgehead atoms. The summed E-state index contributed by atoms with van der Waals surface area (Å²) in [4.78, 5) is 1.01. The van der Waals surface area contributed by atoms with Gasteiger partial charge in [-0.2, -0.15) is 0 Å². The first kappa shape index (κ1) is 11.2. The van der Waals surface area contributed by atoms with Crippen molar-refractivity contribution in [1.29, 1.82) is 0 Å². The summed E-state index contributed by atoms with van der Waals surface area (Å²) in [5.41, 5.74) is 6.88. The zero-order valence-electron chi connectivity index (χ0n) is 8.74. The first-order valence-corrected chi connectivity index (χ1v) is 5.26. The molecule has 1 aromatic rings. The van der Waals surface area contributed by atoms with Gasteiger partial charge in [-0.3, -0.25) is 0 Å². The van der Waals surface area contributed by atoms with Crippen molar-refractivity contribution in [2.24, 2.45) is 5.73 Å². The molecule has 0 aliphatic heterocycles. The third kappa shape index (κ3) is 2.31. The molecule has 2 N–H and O–H groups in total. The minimum Gasteiger partial charge on any atom is -0.322 e. The predicted octanol–water partition coefficient (Wildman–Crippen LogP) is 1.86. The number of hydrogen-bond donors (Lipinski definition) is 1. The molecular formula is C10H15N3S. The van der Waals surface area contributed by atoms with E-state index in [0.717, 1.165) is 10.6 Å². The van der Waals surface area contributed by atoms with Gasteiger partial charge in [-0.25, -0.2) is 0 Å². The van der Waals surface area contributed by atoms with Gasteiger partial charge in [-0.15, -0.1) is 17.4 Å². The van der Waals surface area contributed by atoms with Crippen LogP contribution in [0.15, 0.2) is 0 Å². The van der Waals surface area contributed by atoms with Crippen molar-refractivity contribution < 1.29 is 0 Å². The molecular weight excluding hydrogens is 194 g/mol. The van der Waals surface area contributed by atoms with Crippen molar-refractivity contribution in [1.82, 2.24) is 9.59 Å². The summed E-state index contributed by atoms with van der Waals surface area (Å²) in [6.07, 6.45) is 5.76. The van der Waals surface area contributed by atoms with Crippen LogP contribution in [0.25, 0.3) is 0 Å². The average molecular weight is 209 g/mol. The lowest BCUT2D eigenvalue weighted by molar-refractivity contribution is 0.552. The molecule has 0 saturated carbocycles. The number of nitrogens with two attached hydrogens (primary N) is 1. The van der Waals surface area contributed by atoms with Gasteiger partial charge < -0.3 is 5.73 Å². The van der Waals surface area contributed by atoms with E-state index in [1.165, 1.54) is 11.5 Å². The van der Waals surface area contributed by atoms with E-state index in [-0.39, 0.29) is 11.5 Å². The maximum Gasteiger partial charge on any atom is 0.0857 e. The van der Waals surface area contributed by atoms with Crippen LogP contribution in [-0.2, 0) is 5.41 Å². The van der Waals surface area contributed by atoms with Gasteiger partial charge in [0.05, 0.1) is 16.6 Å². The number of rotatable bonds is 2. The molecule has 0 aliphatic rings. The highest BCUT2D eigenvalue weighted by atomic mass is 32.1. The van der Waals surface area contributed by atoms with Gasteiger partial charge in [0.2, 0.25) is 0 Å². The highest BCUT2D eigenvalue weighted by Crippen LogP contribution is 2.30. The molecule has 1 aromatic heterocycles. The molecule has 76 valence electrons. The summed E-state index contributed by atoms with van der Waals surface area (Å²) in [5.74, 6) is 2.56. The van der Waals surface area contributed by atoms with Crippen molar-refractivity contribution >= 4 is 11.5 Å². The molecule has 0 saturated heterocycles. The Labute approximate surface area is 88.9 Å². The van der Waals surface area contributed by atoms with Gasteiger partial charge in [-0.05, 0) is 11.5 Å². The van der Waals surface area contributed by atoms with Crippen molar-refractivity contribution in [3.05, 3.63) is 10.6 Å². The van der Waals surface area contributed by atoms with Gasteiger partial charge in [0.25, 0.3) is 0 Å². The minimum atomic E-state index is -0.130. The van der Waals surface area contributed by atoms with E-state index >= 15 is 0 Å². The Balaban J connectivity index is 3.00. The average Bonchev–Trinajstić information content (AvgIpc) is 2.50. The molecule has 0 fully saturated rings. The second kappa shape index (κ2) is 4.07. The number of terminal acetylenes is 1. The number of hydrogen-bond acceptors (Lipinski definition) is 4. The maximum atomic E-state index is 5.94. The fourth-order valence-corrected chi connectivity index (χ4v) is 2.04. The Morgan fingerprint density at radius 1 is 1.57 bits per heavy atom. The molecule has 4 heteroatoms. The molecule has 0 amide bonds. The molecule has 1 heterocycles. The summed E-state index contributed by atoms with van der Waals surface area (Å²) in [6.45, 7) is 6.28. The second-order valence-electron chi connectivity index (χ2n) is 4.25. The molecule has 0 radical (unpaired) electrons. The van der Waals surface area contributed by atoms with Crippen molar-refractivity contribution in [3.63, 3.8) is 0 Å². The summed E-state index contributed by atoms with van der Waals surface area (Å²) in [7, 11) is 0. The summed E-state index contributed by atoms with van der Waals surface area (Å²) >= 11 is 1.34. The van der Waals surface area contributed by atoms with Gasteiger partial charge in [0, 0.05) is 11.8 Å². The lowest BCUT2D eigenvalue weighted by Crippen LogP contribution is -2.18. The summed E-state index contributed by atoms with van der Waals surface area (Å²) < 4.78 is 3.93. The zero-order valence-corrected chi connectivity index (χ0v) is 9.56. The van der Waals surface area contributed by atoms with E-state index in [0.29, 0.717) is 6.42 Å². The fourth-order valence-electron chi connectivity index (χ4n) is 1.18. The van der Waals surface area contributed by atoms with E-state index < -0.39 is 0 Å². The quantitative estimate of drug-likeness (QED) is 0.756. The van der Waals surface area contributed by atoms with E-state index in [9.17, 15) is 0 Å². The van der Waals surface area contributed by atoms with Crippen LogP contribution in [0.4, 0.5) is 0 Å². The molecule has 3 nitrogen and oxygen atoms in total. The molecule has 0 aromatic carbocycles. The standard InChI is InChI=1S/C10H15N3S/c1-5-6-7(11)8-9(10(2,3)4)12-13-14-8/h1,7H,6,11H2,2-4H3. The van der Waals surface area contributed by atoms with Gasteiger partial charge >= 0.3 is 0 Å². The summed E-state index contributed by atoms with van der Waals surface area (Å²) in [6, 6.07) is -0.130. The largest absolute Gasteiger partial charge is 0.322 e. The van der Waals surface area contributed by atoms with Crippen LogP contribution in [0.3, 0.4) is 0 Å². The predicted molar refractivity (Wildman–Crippen MR) is 59.0 cm³/mol. The van der Waals surface area contributed by atoms with Crippen molar-refractivity contribution in [2.45, 2.75) is 38.6 Å². The molecule has 0 spiro atoms. The fraction of sp³-hybridized carbons (Fsp3) is 0.600. The van der Waals surface area contributed by atoms with Gasteiger partial charge in [0.15, 0.2) is 0 Å². The monoisotopic (exact) mass is 209 g/mol. The topological polar surface area (TPSA) is 51.8 Å². The number of nitrogens with zero attached hydrogens (tertiary/aromatic N) is 2. The van der Waals surface area contributed by atoms with Crippen LogP contribution in [0, 0.1) is 12.3 Å². The third-order valence-electron chi connectivity index (χ3n) is 1.90. The van der Waals surface area contributed by atoms with Gasteiger partial charge in [0.1, 0.15) is 0 Å². The second-order valence-corrected chi connectivity index (χ2v) is 5.04. The first-order valence-electron chi connectivity index (χ1n) is 4.48. The number of aromatic nitrogens is 2. The van der Waals surface area contributed by atoms with Crippen LogP contribution in [0.2, 0.25) is 0 Å². The molecule has 0 aliphatic carbocycles. The Morgan fingerprint density at radius 2 is 2.21 bits per heavy atom. The minimum absolute atomic E-state index is 0.0193. The normalized spacial score (nSPS) is 13.6. The first-order chi connectivity index (χ1) is 6.46. The Hall–Kier alpha value is -0.920. The van der Waals surface area contributed by atoms with E-state index in [1.807, 2.05) is 0 Å². The lowest BCUT2D eigenvalue weighted by Gasteiger charge is -2.18. The van der Waals surface area contributed by atoms with Gasteiger partial charge in [-0.1, -0.05) is 25.3 Å². The Kier molecular flexibility index (Phi) is 3.25. The molecule has 1 atom stereocenters. The molecule has 14 heavy (non-hydrogen) atoms. The summed E-state index contributed by atoms with van der Waals surface area (Å²) in [5, 5.41) is 4.11.